The number of rotatable bonds is 3. The molecule has 92 valence electrons. The Morgan fingerprint density at radius 2 is 2.12 bits per heavy atom. The molecule has 0 bridgehead atoms. The minimum atomic E-state index is -0.0369. The highest BCUT2D eigenvalue weighted by Crippen LogP contribution is 2.34. The van der Waals surface area contributed by atoms with Crippen molar-refractivity contribution in [3.05, 3.63) is 24.3 Å². The maximum atomic E-state index is 11.6. The van der Waals surface area contributed by atoms with Crippen LogP contribution < -0.4 is 0 Å². The summed E-state index contributed by atoms with van der Waals surface area (Å²) in [6.45, 7) is 2.33. The first kappa shape index (κ1) is 12.0. The summed E-state index contributed by atoms with van der Waals surface area (Å²) >= 11 is 0. The van der Waals surface area contributed by atoms with E-state index in [1.165, 1.54) is 0 Å². The van der Waals surface area contributed by atoms with E-state index in [4.69, 9.17) is 4.74 Å². The Hall–Kier alpha value is -1.45. The normalized spacial score (nSPS) is 24.3. The van der Waals surface area contributed by atoms with Gasteiger partial charge in [0.25, 0.3) is 0 Å². The topological polar surface area (TPSA) is 52.1 Å². The first-order chi connectivity index (χ1) is 8.31. The molecule has 0 aliphatic heterocycles. The standard InChI is InChI=1S/C13H18N2O2/c1-2-17-13(16)11-5-3-10(4-6-11)12-9-14-7-8-15-12/h7-11H,2-6H2,1H3. The molecule has 1 aromatic rings. The van der Waals surface area contributed by atoms with Crippen LogP contribution in [0.15, 0.2) is 18.6 Å². The second kappa shape index (κ2) is 5.75. The third-order valence-electron chi connectivity index (χ3n) is 3.35. The van der Waals surface area contributed by atoms with Crippen molar-refractivity contribution in [3.8, 4) is 0 Å². The third kappa shape index (κ3) is 3.02. The Balaban J connectivity index is 1.88. The molecule has 0 radical (unpaired) electrons. The minimum Gasteiger partial charge on any atom is -0.466 e. The number of hydrogen-bond acceptors (Lipinski definition) is 4. The van der Waals surface area contributed by atoms with E-state index in [2.05, 4.69) is 9.97 Å². The average molecular weight is 234 g/mol. The fourth-order valence-corrected chi connectivity index (χ4v) is 2.41. The van der Waals surface area contributed by atoms with Crippen LogP contribution in [0.1, 0.15) is 44.2 Å². The maximum absolute atomic E-state index is 11.6. The molecule has 0 amide bonds. The van der Waals surface area contributed by atoms with Gasteiger partial charge in [-0.05, 0) is 32.6 Å². The monoisotopic (exact) mass is 234 g/mol. The van der Waals surface area contributed by atoms with Crippen molar-refractivity contribution in [2.75, 3.05) is 6.61 Å². The summed E-state index contributed by atoms with van der Waals surface area (Å²) in [5, 5.41) is 0. The SMILES string of the molecule is CCOC(=O)C1CCC(c2cnccn2)CC1. The van der Waals surface area contributed by atoms with Crippen LogP contribution in [0.3, 0.4) is 0 Å². The molecule has 0 atom stereocenters. The number of hydrogen-bond donors (Lipinski definition) is 0. The summed E-state index contributed by atoms with van der Waals surface area (Å²) in [5.41, 5.74) is 1.05. The lowest BCUT2D eigenvalue weighted by atomic mass is 9.80. The number of carbonyl (C=O) groups excluding carboxylic acids is 1. The van der Waals surface area contributed by atoms with E-state index >= 15 is 0 Å². The zero-order chi connectivity index (χ0) is 12.1. The fraction of sp³-hybridized carbons (Fsp3) is 0.615. The number of esters is 1. The highest BCUT2D eigenvalue weighted by molar-refractivity contribution is 5.72. The van der Waals surface area contributed by atoms with Gasteiger partial charge in [0.15, 0.2) is 0 Å². The lowest BCUT2D eigenvalue weighted by molar-refractivity contribution is -0.149. The fourth-order valence-electron chi connectivity index (χ4n) is 2.41. The van der Waals surface area contributed by atoms with Crippen molar-refractivity contribution >= 4 is 5.97 Å². The van der Waals surface area contributed by atoms with Crippen molar-refractivity contribution in [1.82, 2.24) is 9.97 Å². The van der Waals surface area contributed by atoms with Crippen molar-refractivity contribution in [3.63, 3.8) is 0 Å². The Labute approximate surface area is 101 Å². The smallest absolute Gasteiger partial charge is 0.308 e. The summed E-state index contributed by atoms with van der Waals surface area (Å²) < 4.78 is 5.06. The number of nitrogens with zero attached hydrogens (tertiary/aromatic N) is 2. The molecule has 1 aliphatic rings. The number of aromatic nitrogens is 2. The predicted molar refractivity (Wildman–Crippen MR) is 63.4 cm³/mol. The molecule has 1 aliphatic carbocycles. The van der Waals surface area contributed by atoms with Gasteiger partial charge in [-0.2, -0.15) is 0 Å². The van der Waals surface area contributed by atoms with E-state index in [1.807, 2.05) is 13.1 Å². The molecule has 1 saturated carbocycles. The summed E-state index contributed by atoms with van der Waals surface area (Å²) in [5.74, 6) is 0.502. The molecule has 0 aromatic carbocycles. The molecule has 1 aromatic heterocycles. The van der Waals surface area contributed by atoms with Crippen molar-refractivity contribution in [1.29, 1.82) is 0 Å². The zero-order valence-electron chi connectivity index (χ0n) is 10.1. The molecule has 2 rings (SSSR count). The molecule has 0 unspecified atom stereocenters. The van der Waals surface area contributed by atoms with Gasteiger partial charge < -0.3 is 4.74 Å². The molecular weight excluding hydrogens is 216 g/mol. The van der Waals surface area contributed by atoms with Gasteiger partial charge in [-0.3, -0.25) is 14.8 Å². The first-order valence-electron chi connectivity index (χ1n) is 6.23. The van der Waals surface area contributed by atoms with Crippen LogP contribution in [0.5, 0.6) is 0 Å². The van der Waals surface area contributed by atoms with E-state index in [0.29, 0.717) is 12.5 Å². The van der Waals surface area contributed by atoms with Crippen LogP contribution in [0, 0.1) is 5.92 Å². The Morgan fingerprint density at radius 3 is 2.71 bits per heavy atom. The average Bonchev–Trinajstić information content (AvgIpc) is 2.40. The van der Waals surface area contributed by atoms with E-state index in [9.17, 15) is 4.79 Å². The lowest BCUT2D eigenvalue weighted by Gasteiger charge is -2.26. The second-order valence-electron chi connectivity index (χ2n) is 4.43. The number of carbonyl (C=O) groups is 1. The van der Waals surface area contributed by atoms with Crippen LogP contribution in [0.2, 0.25) is 0 Å². The molecule has 1 fully saturated rings. The van der Waals surface area contributed by atoms with Gasteiger partial charge in [-0.15, -0.1) is 0 Å². The van der Waals surface area contributed by atoms with E-state index in [-0.39, 0.29) is 11.9 Å². The predicted octanol–water partition coefficient (Wildman–Crippen LogP) is 2.31. The van der Waals surface area contributed by atoms with Gasteiger partial charge in [0.2, 0.25) is 0 Å². The molecule has 0 N–H and O–H groups in total. The van der Waals surface area contributed by atoms with Crippen LogP contribution >= 0.6 is 0 Å². The van der Waals surface area contributed by atoms with E-state index in [1.54, 1.807) is 12.4 Å². The Bertz CT molecular complexity index is 359. The summed E-state index contributed by atoms with van der Waals surface area (Å²) in [6.07, 6.45) is 9.06. The molecule has 4 heteroatoms. The third-order valence-corrected chi connectivity index (χ3v) is 3.35. The molecule has 0 saturated heterocycles. The van der Waals surface area contributed by atoms with E-state index in [0.717, 1.165) is 31.4 Å². The van der Waals surface area contributed by atoms with Crippen LogP contribution in [0.4, 0.5) is 0 Å². The van der Waals surface area contributed by atoms with E-state index < -0.39 is 0 Å². The molecule has 4 nitrogen and oxygen atoms in total. The largest absolute Gasteiger partial charge is 0.466 e. The van der Waals surface area contributed by atoms with Gasteiger partial charge in [0.05, 0.1) is 18.2 Å². The zero-order valence-corrected chi connectivity index (χ0v) is 10.1. The van der Waals surface area contributed by atoms with Crippen molar-refractivity contribution in [2.24, 2.45) is 5.92 Å². The molecular formula is C13H18N2O2. The maximum Gasteiger partial charge on any atom is 0.308 e. The van der Waals surface area contributed by atoms with Gasteiger partial charge in [0.1, 0.15) is 0 Å². The Kier molecular flexibility index (Phi) is 4.07. The summed E-state index contributed by atoms with van der Waals surface area (Å²) in [7, 11) is 0. The lowest BCUT2D eigenvalue weighted by Crippen LogP contribution is -2.23. The van der Waals surface area contributed by atoms with Gasteiger partial charge in [-0.25, -0.2) is 0 Å². The minimum absolute atomic E-state index is 0.0369. The number of ether oxygens (including phenoxy) is 1. The van der Waals surface area contributed by atoms with Crippen LogP contribution in [-0.2, 0) is 9.53 Å². The van der Waals surface area contributed by atoms with Crippen molar-refractivity contribution in [2.45, 2.75) is 38.5 Å². The summed E-state index contributed by atoms with van der Waals surface area (Å²) in [4.78, 5) is 20.0. The quantitative estimate of drug-likeness (QED) is 0.753. The first-order valence-corrected chi connectivity index (χ1v) is 6.23. The highest BCUT2D eigenvalue weighted by Gasteiger charge is 2.28. The van der Waals surface area contributed by atoms with Gasteiger partial charge in [0, 0.05) is 24.5 Å². The van der Waals surface area contributed by atoms with Crippen molar-refractivity contribution < 1.29 is 9.53 Å². The summed E-state index contributed by atoms with van der Waals surface area (Å²) in [6, 6.07) is 0. The van der Waals surface area contributed by atoms with Crippen LogP contribution in [0.25, 0.3) is 0 Å². The van der Waals surface area contributed by atoms with Gasteiger partial charge in [-0.1, -0.05) is 0 Å². The molecule has 17 heavy (non-hydrogen) atoms. The second-order valence-corrected chi connectivity index (χ2v) is 4.43. The molecule has 0 spiro atoms. The van der Waals surface area contributed by atoms with Crippen LogP contribution in [-0.4, -0.2) is 22.5 Å². The Morgan fingerprint density at radius 1 is 1.35 bits per heavy atom. The molecule has 1 heterocycles. The van der Waals surface area contributed by atoms with Gasteiger partial charge >= 0.3 is 5.97 Å². The highest BCUT2D eigenvalue weighted by atomic mass is 16.5.